The van der Waals surface area contributed by atoms with Crippen molar-refractivity contribution in [1.82, 2.24) is 4.90 Å². The van der Waals surface area contributed by atoms with Crippen molar-refractivity contribution >= 4 is 23.2 Å². The van der Waals surface area contributed by atoms with Crippen LogP contribution in [0, 0.1) is 5.82 Å². The highest BCUT2D eigenvalue weighted by molar-refractivity contribution is 6.24. The molecule has 4 rings (SSSR count). The van der Waals surface area contributed by atoms with Crippen molar-refractivity contribution in [3.8, 4) is 0 Å². The standard InChI is InChI=1S/C23H21FN2O2/c24-19-8-10-20(11-9-19)25-12-14-26(15-13-25)23(27)22(17-21-7-4-16-28-21)18-5-2-1-3-6-18/h1-11,16-17H,12-15H2/b22-17+. The molecule has 4 nitrogen and oxygen atoms in total. The summed E-state index contributed by atoms with van der Waals surface area (Å²) in [6, 6.07) is 19.8. The van der Waals surface area contributed by atoms with Gasteiger partial charge >= 0.3 is 0 Å². The van der Waals surface area contributed by atoms with Crippen LogP contribution in [0.4, 0.5) is 10.1 Å². The fourth-order valence-corrected chi connectivity index (χ4v) is 3.39. The molecule has 0 bridgehead atoms. The molecule has 28 heavy (non-hydrogen) atoms. The average Bonchev–Trinajstić information content (AvgIpc) is 3.26. The van der Waals surface area contributed by atoms with Crippen molar-refractivity contribution in [1.29, 1.82) is 0 Å². The summed E-state index contributed by atoms with van der Waals surface area (Å²) in [5.41, 5.74) is 2.46. The monoisotopic (exact) mass is 376 g/mol. The van der Waals surface area contributed by atoms with E-state index in [1.165, 1.54) is 12.1 Å². The van der Waals surface area contributed by atoms with E-state index < -0.39 is 0 Å². The van der Waals surface area contributed by atoms with Gasteiger partial charge in [-0.2, -0.15) is 0 Å². The highest BCUT2D eigenvalue weighted by Gasteiger charge is 2.24. The van der Waals surface area contributed by atoms with Crippen LogP contribution in [-0.2, 0) is 4.79 Å². The number of carbonyl (C=O) groups is 1. The van der Waals surface area contributed by atoms with Crippen LogP contribution in [0.5, 0.6) is 0 Å². The van der Waals surface area contributed by atoms with Gasteiger partial charge in [-0.1, -0.05) is 30.3 Å². The van der Waals surface area contributed by atoms with Crippen LogP contribution in [0.3, 0.4) is 0 Å². The van der Waals surface area contributed by atoms with Crippen molar-refractivity contribution in [3.63, 3.8) is 0 Å². The molecular weight excluding hydrogens is 355 g/mol. The van der Waals surface area contributed by atoms with Gasteiger partial charge in [-0.15, -0.1) is 0 Å². The lowest BCUT2D eigenvalue weighted by Gasteiger charge is -2.36. The van der Waals surface area contributed by atoms with Gasteiger partial charge in [0.05, 0.1) is 11.8 Å². The van der Waals surface area contributed by atoms with Crippen LogP contribution < -0.4 is 4.90 Å². The maximum atomic E-state index is 13.3. The second-order valence-corrected chi connectivity index (χ2v) is 6.70. The number of hydrogen-bond donors (Lipinski definition) is 0. The summed E-state index contributed by atoms with van der Waals surface area (Å²) in [5.74, 6) is 0.395. The SMILES string of the molecule is O=C(/C(=C/c1ccco1)c1ccccc1)N1CCN(c2ccc(F)cc2)CC1. The lowest BCUT2D eigenvalue weighted by atomic mass is 10.0. The molecule has 5 heteroatoms. The van der Waals surface area contributed by atoms with Gasteiger partial charge in [0, 0.05) is 31.9 Å². The molecule has 3 aromatic rings. The summed E-state index contributed by atoms with van der Waals surface area (Å²) in [6.07, 6.45) is 3.39. The zero-order valence-electron chi connectivity index (χ0n) is 15.4. The van der Waals surface area contributed by atoms with Crippen LogP contribution in [-0.4, -0.2) is 37.0 Å². The fraction of sp³-hybridized carbons (Fsp3) is 0.174. The van der Waals surface area contributed by atoms with Crippen molar-refractivity contribution in [2.75, 3.05) is 31.1 Å². The number of benzene rings is 2. The summed E-state index contributed by atoms with van der Waals surface area (Å²) in [7, 11) is 0. The zero-order chi connectivity index (χ0) is 19.3. The predicted molar refractivity (Wildman–Crippen MR) is 108 cm³/mol. The number of furan rings is 1. The Morgan fingerprint density at radius 1 is 0.893 bits per heavy atom. The quantitative estimate of drug-likeness (QED) is 0.637. The minimum Gasteiger partial charge on any atom is -0.465 e. The second kappa shape index (κ2) is 8.13. The summed E-state index contributed by atoms with van der Waals surface area (Å²) in [5, 5.41) is 0. The van der Waals surface area contributed by atoms with Crippen molar-refractivity contribution in [3.05, 3.63) is 90.1 Å². The van der Waals surface area contributed by atoms with E-state index in [2.05, 4.69) is 4.90 Å². The van der Waals surface area contributed by atoms with E-state index in [1.54, 1.807) is 30.5 Å². The van der Waals surface area contributed by atoms with Gasteiger partial charge < -0.3 is 14.2 Å². The number of carbonyl (C=O) groups excluding carboxylic acids is 1. The number of anilines is 1. The first-order valence-electron chi connectivity index (χ1n) is 9.31. The van der Waals surface area contributed by atoms with Gasteiger partial charge in [-0.25, -0.2) is 4.39 Å². The number of halogens is 1. The van der Waals surface area contributed by atoms with Gasteiger partial charge in [-0.05, 0) is 48.0 Å². The van der Waals surface area contributed by atoms with Crippen molar-refractivity contribution < 1.29 is 13.6 Å². The largest absolute Gasteiger partial charge is 0.465 e. The Hall–Kier alpha value is -3.34. The molecule has 1 saturated heterocycles. The van der Waals surface area contributed by atoms with E-state index in [1.807, 2.05) is 41.3 Å². The van der Waals surface area contributed by atoms with E-state index in [0.29, 0.717) is 37.5 Å². The summed E-state index contributed by atoms with van der Waals surface area (Å²) in [6.45, 7) is 2.64. The third-order valence-corrected chi connectivity index (χ3v) is 4.90. The molecule has 0 aliphatic carbocycles. The molecule has 2 heterocycles. The molecule has 0 atom stereocenters. The molecular formula is C23H21FN2O2. The predicted octanol–water partition coefficient (Wildman–Crippen LogP) is 4.31. The van der Waals surface area contributed by atoms with E-state index in [0.717, 1.165) is 11.3 Å². The Morgan fingerprint density at radius 3 is 2.25 bits per heavy atom. The van der Waals surface area contributed by atoms with E-state index >= 15 is 0 Å². The fourth-order valence-electron chi connectivity index (χ4n) is 3.39. The van der Waals surface area contributed by atoms with Gasteiger partial charge in [0.25, 0.3) is 5.91 Å². The minimum atomic E-state index is -0.242. The molecule has 1 fully saturated rings. The molecule has 0 radical (unpaired) electrons. The molecule has 1 aliphatic heterocycles. The normalized spacial score (nSPS) is 15.0. The highest BCUT2D eigenvalue weighted by Crippen LogP contribution is 2.23. The first-order chi connectivity index (χ1) is 13.7. The topological polar surface area (TPSA) is 36.7 Å². The Kier molecular flexibility index (Phi) is 5.24. The first-order valence-corrected chi connectivity index (χ1v) is 9.31. The van der Waals surface area contributed by atoms with E-state index in [9.17, 15) is 9.18 Å². The minimum absolute atomic E-state index is 0.0126. The average molecular weight is 376 g/mol. The lowest BCUT2D eigenvalue weighted by molar-refractivity contribution is -0.125. The van der Waals surface area contributed by atoms with Gasteiger partial charge in [0.15, 0.2) is 0 Å². The molecule has 1 aromatic heterocycles. The van der Waals surface area contributed by atoms with E-state index in [-0.39, 0.29) is 11.7 Å². The summed E-state index contributed by atoms with van der Waals surface area (Å²) < 4.78 is 18.6. The molecule has 142 valence electrons. The maximum Gasteiger partial charge on any atom is 0.254 e. The van der Waals surface area contributed by atoms with Crippen LogP contribution in [0.2, 0.25) is 0 Å². The number of amides is 1. The molecule has 1 amide bonds. The zero-order valence-corrected chi connectivity index (χ0v) is 15.4. The van der Waals surface area contributed by atoms with Crippen LogP contribution in [0.15, 0.2) is 77.4 Å². The Bertz CT molecular complexity index is 942. The number of piperazine rings is 1. The van der Waals surface area contributed by atoms with Gasteiger partial charge in [0.1, 0.15) is 11.6 Å². The smallest absolute Gasteiger partial charge is 0.254 e. The number of hydrogen-bond acceptors (Lipinski definition) is 3. The summed E-state index contributed by atoms with van der Waals surface area (Å²) in [4.78, 5) is 17.3. The van der Waals surface area contributed by atoms with Crippen LogP contribution in [0.25, 0.3) is 11.6 Å². The first kappa shape index (κ1) is 18.0. The second-order valence-electron chi connectivity index (χ2n) is 6.70. The van der Waals surface area contributed by atoms with Crippen LogP contribution in [0.1, 0.15) is 11.3 Å². The maximum absolute atomic E-state index is 13.3. The Balaban J connectivity index is 1.51. The van der Waals surface area contributed by atoms with Crippen molar-refractivity contribution in [2.45, 2.75) is 0 Å². The third kappa shape index (κ3) is 3.98. The van der Waals surface area contributed by atoms with Crippen LogP contribution >= 0.6 is 0 Å². The Morgan fingerprint density at radius 2 is 1.61 bits per heavy atom. The highest BCUT2D eigenvalue weighted by atomic mass is 19.1. The van der Waals surface area contributed by atoms with Gasteiger partial charge in [-0.3, -0.25) is 4.79 Å². The van der Waals surface area contributed by atoms with Crippen molar-refractivity contribution in [2.24, 2.45) is 0 Å². The number of nitrogens with zero attached hydrogens (tertiary/aromatic N) is 2. The summed E-state index contributed by atoms with van der Waals surface area (Å²) >= 11 is 0. The molecule has 1 aliphatic rings. The number of rotatable bonds is 4. The molecule has 0 N–H and O–H groups in total. The molecule has 0 spiro atoms. The molecule has 2 aromatic carbocycles. The van der Waals surface area contributed by atoms with Gasteiger partial charge in [0.2, 0.25) is 0 Å². The van der Waals surface area contributed by atoms with E-state index in [4.69, 9.17) is 4.42 Å². The third-order valence-electron chi connectivity index (χ3n) is 4.90. The Labute approximate surface area is 163 Å². The lowest BCUT2D eigenvalue weighted by Crippen LogP contribution is -2.49. The molecule has 0 unspecified atom stereocenters. The molecule has 0 saturated carbocycles.